The normalized spacial score (nSPS) is 10.2. The maximum atomic E-state index is 12.8. The van der Waals surface area contributed by atoms with Crippen LogP contribution in [-0.2, 0) is 20.7 Å². The Bertz CT molecular complexity index is 717. The number of rotatable bonds is 9. The summed E-state index contributed by atoms with van der Waals surface area (Å²) < 4.78 is 22.9. The zero-order valence-electron chi connectivity index (χ0n) is 14.5. The zero-order chi connectivity index (χ0) is 18.8. The highest BCUT2D eigenvalue weighted by Gasteiger charge is 2.06. The van der Waals surface area contributed by atoms with E-state index in [9.17, 15) is 14.0 Å². The van der Waals surface area contributed by atoms with Crippen LogP contribution in [0.2, 0.25) is 0 Å². The van der Waals surface area contributed by atoms with Crippen molar-refractivity contribution in [3.05, 3.63) is 59.9 Å². The molecule has 0 radical (unpaired) electrons. The lowest BCUT2D eigenvalue weighted by atomic mass is 10.1. The molecule has 2 amide bonds. The lowest BCUT2D eigenvalue weighted by molar-refractivity contribution is -0.120. The quantitative estimate of drug-likeness (QED) is 0.672. The Hall–Kier alpha value is -2.93. The molecule has 0 aromatic heterocycles. The average Bonchev–Trinajstić information content (AvgIpc) is 2.63. The van der Waals surface area contributed by atoms with Crippen molar-refractivity contribution in [1.82, 2.24) is 5.32 Å². The van der Waals surface area contributed by atoms with Gasteiger partial charge in [-0.3, -0.25) is 9.59 Å². The van der Waals surface area contributed by atoms with Gasteiger partial charge in [-0.1, -0.05) is 12.1 Å². The molecule has 2 N–H and O–H groups in total. The van der Waals surface area contributed by atoms with Gasteiger partial charge < -0.3 is 20.1 Å². The van der Waals surface area contributed by atoms with Gasteiger partial charge in [-0.05, 0) is 42.0 Å². The Morgan fingerprint density at radius 1 is 1.00 bits per heavy atom. The van der Waals surface area contributed by atoms with Crippen molar-refractivity contribution in [2.75, 3.05) is 32.2 Å². The summed E-state index contributed by atoms with van der Waals surface area (Å²) in [6.45, 7) is 0.753. The second-order valence-corrected chi connectivity index (χ2v) is 5.51. The number of nitrogens with one attached hydrogen (secondary N) is 2. The first-order valence-electron chi connectivity index (χ1n) is 8.09. The van der Waals surface area contributed by atoms with E-state index in [1.54, 1.807) is 31.4 Å². The van der Waals surface area contributed by atoms with Gasteiger partial charge >= 0.3 is 0 Å². The number of hydrogen-bond donors (Lipinski definition) is 2. The summed E-state index contributed by atoms with van der Waals surface area (Å²) in [5.74, 6) is -0.378. The minimum Gasteiger partial charge on any atom is -0.484 e. The number of carbonyl (C=O) groups is 2. The second kappa shape index (κ2) is 10.1. The summed E-state index contributed by atoms with van der Waals surface area (Å²) in [6, 6.07) is 12.4. The first-order valence-corrected chi connectivity index (χ1v) is 8.09. The summed E-state index contributed by atoms with van der Waals surface area (Å²) >= 11 is 0. The molecule has 0 aliphatic carbocycles. The molecule has 0 bridgehead atoms. The van der Waals surface area contributed by atoms with Gasteiger partial charge in [0.2, 0.25) is 5.91 Å². The number of hydrogen-bond acceptors (Lipinski definition) is 4. The van der Waals surface area contributed by atoms with E-state index in [-0.39, 0.29) is 30.7 Å². The van der Waals surface area contributed by atoms with E-state index >= 15 is 0 Å². The average molecular weight is 360 g/mol. The molecule has 2 aromatic carbocycles. The number of ether oxygens (including phenoxy) is 2. The van der Waals surface area contributed by atoms with Crippen molar-refractivity contribution in [2.24, 2.45) is 0 Å². The fraction of sp³-hybridized carbons (Fsp3) is 0.263. The molecule has 138 valence electrons. The topological polar surface area (TPSA) is 76.7 Å². The number of halogens is 1. The van der Waals surface area contributed by atoms with Crippen LogP contribution in [0.5, 0.6) is 5.75 Å². The third kappa shape index (κ3) is 6.90. The van der Waals surface area contributed by atoms with Crippen LogP contribution in [0, 0.1) is 5.82 Å². The van der Waals surface area contributed by atoms with Crippen molar-refractivity contribution in [3.8, 4) is 5.75 Å². The molecule has 0 atom stereocenters. The maximum absolute atomic E-state index is 12.8. The van der Waals surface area contributed by atoms with Crippen molar-refractivity contribution >= 4 is 17.5 Å². The van der Waals surface area contributed by atoms with Gasteiger partial charge in [-0.2, -0.15) is 0 Å². The highest BCUT2D eigenvalue weighted by Crippen LogP contribution is 2.12. The molecule has 0 saturated carbocycles. The van der Waals surface area contributed by atoms with Crippen LogP contribution in [0.15, 0.2) is 48.5 Å². The van der Waals surface area contributed by atoms with E-state index in [2.05, 4.69) is 10.6 Å². The van der Waals surface area contributed by atoms with Gasteiger partial charge in [-0.25, -0.2) is 4.39 Å². The molecular weight excluding hydrogens is 339 g/mol. The molecule has 0 fully saturated rings. The molecule has 0 aliphatic rings. The molecule has 2 rings (SSSR count). The highest BCUT2D eigenvalue weighted by atomic mass is 19.1. The Labute approximate surface area is 151 Å². The van der Waals surface area contributed by atoms with Crippen molar-refractivity contribution in [3.63, 3.8) is 0 Å². The number of anilines is 1. The van der Waals surface area contributed by atoms with Crippen LogP contribution in [0.25, 0.3) is 0 Å². The third-order valence-electron chi connectivity index (χ3n) is 3.41. The number of carbonyl (C=O) groups excluding carboxylic acids is 2. The van der Waals surface area contributed by atoms with Gasteiger partial charge in [0, 0.05) is 19.3 Å². The third-order valence-corrected chi connectivity index (χ3v) is 3.41. The molecular formula is C19H21FN2O4. The molecule has 0 heterocycles. The van der Waals surface area contributed by atoms with Gasteiger partial charge in [0.15, 0.2) is 6.61 Å². The van der Waals surface area contributed by atoms with E-state index in [0.29, 0.717) is 24.6 Å². The van der Waals surface area contributed by atoms with Gasteiger partial charge in [-0.15, -0.1) is 0 Å². The Balaban J connectivity index is 1.76. The summed E-state index contributed by atoms with van der Waals surface area (Å²) in [7, 11) is 1.57. The molecule has 26 heavy (non-hydrogen) atoms. The maximum Gasteiger partial charge on any atom is 0.262 e. The van der Waals surface area contributed by atoms with E-state index < -0.39 is 0 Å². The smallest absolute Gasteiger partial charge is 0.262 e. The molecule has 0 spiro atoms. The lowest BCUT2D eigenvalue weighted by Crippen LogP contribution is -2.28. The fourth-order valence-electron chi connectivity index (χ4n) is 2.12. The van der Waals surface area contributed by atoms with E-state index in [1.165, 1.54) is 24.3 Å². The minimum atomic E-state index is -0.366. The fourth-order valence-corrected chi connectivity index (χ4v) is 2.12. The molecule has 0 unspecified atom stereocenters. The Morgan fingerprint density at radius 2 is 1.69 bits per heavy atom. The van der Waals surface area contributed by atoms with Gasteiger partial charge in [0.25, 0.3) is 5.91 Å². The SMILES string of the molecule is COCCNC(=O)Cc1ccc(NC(=O)COc2ccc(F)cc2)cc1. The predicted molar refractivity (Wildman–Crippen MR) is 95.6 cm³/mol. The van der Waals surface area contributed by atoms with Crippen LogP contribution < -0.4 is 15.4 Å². The van der Waals surface area contributed by atoms with E-state index in [4.69, 9.17) is 9.47 Å². The van der Waals surface area contributed by atoms with Crippen molar-refractivity contribution in [1.29, 1.82) is 0 Å². The summed E-state index contributed by atoms with van der Waals surface area (Å²) in [4.78, 5) is 23.6. The molecule has 2 aromatic rings. The summed E-state index contributed by atoms with van der Waals surface area (Å²) in [6.07, 6.45) is 0.256. The first kappa shape index (κ1) is 19.4. The van der Waals surface area contributed by atoms with Crippen molar-refractivity contribution in [2.45, 2.75) is 6.42 Å². The van der Waals surface area contributed by atoms with Crippen molar-refractivity contribution < 1.29 is 23.5 Å². The Kier molecular flexibility index (Phi) is 7.57. The van der Waals surface area contributed by atoms with Gasteiger partial charge in [0.05, 0.1) is 13.0 Å². The monoisotopic (exact) mass is 360 g/mol. The number of benzene rings is 2. The van der Waals surface area contributed by atoms with E-state index in [0.717, 1.165) is 5.56 Å². The Morgan fingerprint density at radius 3 is 2.35 bits per heavy atom. The lowest BCUT2D eigenvalue weighted by Gasteiger charge is -2.08. The number of amides is 2. The highest BCUT2D eigenvalue weighted by molar-refractivity contribution is 5.92. The number of methoxy groups -OCH3 is 1. The summed E-state index contributed by atoms with van der Waals surface area (Å²) in [5, 5.41) is 5.43. The molecule has 0 aliphatic heterocycles. The van der Waals surface area contributed by atoms with Crippen LogP contribution in [-0.4, -0.2) is 38.7 Å². The second-order valence-electron chi connectivity index (χ2n) is 5.51. The van der Waals surface area contributed by atoms with Crippen LogP contribution in [0.1, 0.15) is 5.56 Å². The predicted octanol–water partition coefficient (Wildman–Crippen LogP) is 2.15. The van der Waals surface area contributed by atoms with Crippen LogP contribution >= 0.6 is 0 Å². The molecule has 0 saturated heterocycles. The largest absolute Gasteiger partial charge is 0.484 e. The van der Waals surface area contributed by atoms with Gasteiger partial charge in [0.1, 0.15) is 11.6 Å². The van der Waals surface area contributed by atoms with Crippen LogP contribution in [0.3, 0.4) is 0 Å². The zero-order valence-corrected chi connectivity index (χ0v) is 14.5. The molecule has 6 nitrogen and oxygen atoms in total. The first-order chi connectivity index (χ1) is 12.6. The van der Waals surface area contributed by atoms with E-state index in [1.807, 2.05) is 0 Å². The minimum absolute atomic E-state index is 0.0912. The summed E-state index contributed by atoms with van der Waals surface area (Å²) in [5.41, 5.74) is 1.43. The standard InChI is InChI=1S/C19H21FN2O4/c1-25-11-10-21-18(23)12-14-2-6-16(7-3-14)22-19(24)13-26-17-8-4-15(20)5-9-17/h2-9H,10-13H2,1H3,(H,21,23)(H,22,24). The molecule has 7 heteroatoms. The van der Waals surface area contributed by atoms with Crippen LogP contribution in [0.4, 0.5) is 10.1 Å².